The lowest BCUT2D eigenvalue weighted by Crippen LogP contribution is -2.37. The number of rotatable bonds is 5. The fourth-order valence-electron chi connectivity index (χ4n) is 2.42. The highest BCUT2D eigenvalue weighted by Crippen LogP contribution is 2.35. The Bertz CT molecular complexity index is 620. The van der Waals surface area contributed by atoms with Gasteiger partial charge in [-0.15, -0.1) is 11.6 Å². The van der Waals surface area contributed by atoms with Crippen molar-refractivity contribution < 1.29 is 5.11 Å². The van der Waals surface area contributed by atoms with E-state index in [0.29, 0.717) is 5.71 Å². The number of nitrogens with zero attached hydrogens (tertiary/aromatic N) is 1. The van der Waals surface area contributed by atoms with Crippen LogP contribution < -0.4 is 0 Å². The summed E-state index contributed by atoms with van der Waals surface area (Å²) in [4.78, 5) is 3.68. The SMILES string of the molecule is CC(C)N=C(c1ccccc1)[C@](C)(Cl)[C@@H](O)c1ccccc1. The maximum Gasteiger partial charge on any atom is 0.114 e. The van der Waals surface area contributed by atoms with Crippen LogP contribution in [0.4, 0.5) is 0 Å². The Morgan fingerprint density at radius 2 is 1.50 bits per heavy atom. The predicted molar refractivity (Wildman–Crippen MR) is 93.8 cm³/mol. The molecule has 0 aromatic heterocycles. The summed E-state index contributed by atoms with van der Waals surface area (Å²) in [6.07, 6.45) is -0.840. The van der Waals surface area contributed by atoms with E-state index in [-0.39, 0.29) is 6.04 Å². The summed E-state index contributed by atoms with van der Waals surface area (Å²) in [5.74, 6) is 0. The number of aliphatic hydroxyl groups excluding tert-OH is 1. The second-order valence-corrected chi connectivity index (χ2v) is 6.61. The molecule has 0 radical (unpaired) electrons. The van der Waals surface area contributed by atoms with Gasteiger partial charge < -0.3 is 5.11 Å². The first-order valence-electron chi connectivity index (χ1n) is 7.48. The maximum atomic E-state index is 10.8. The van der Waals surface area contributed by atoms with Gasteiger partial charge in [0, 0.05) is 6.04 Å². The highest BCUT2D eigenvalue weighted by Gasteiger charge is 2.38. The monoisotopic (exact) mass is 315 g/mol. The van der Waals surface area contributed by atoms with E-state index in [1.165, 1.54) is 0 Å². The first-order valence-corrected chi connectivity index (χ1v) is 7.86. The van der Waals surface area contributed by atoms with Gasteiger partial charge in [-0.25, -0.2) is 0 Å². The largest absolute Gasteiger partial charge is 0.386 e. The molecule has 0 spiro atoms. The summed E-state index contributed by atoms with van der Waals surface area (Å²) in [5, 5.41) is 10.8. The zero-order chi connectivity index (χ0) is 16.2. The van der Waals surface area contributed by atoms with Gasteiger partial charge in [0.25, 0.3) is 0 Å². The van der Waals surface area contributed by atoms with Crippen molar-refractivity contribution in [2.45, 2.75) is 37.8 Å². The van der Waals surface area contributed by atoms with Crippen LogP contribution in [0.1, 0.15) is 38.0 Å². The molecule has 0 aliphatic heterocycles. The zero-order valence-corrected chi connectivity index (χ0v) is 14.0. The van der Waals surface area contributed by atoms with Gasteiger partial charge in [0.2, 0.25) is 0 Å². The summed E-state index contributed by atoms with van der Waals surface area (Å²) in [7, 11) is 0. The molecule has 0 saturated carbocycles. The summed E-state index contributed by atoms with van der Waals surface area (Å²) in [5.41, 5.74) is 2.43. The van der Waals surface area contributed by atoms with Crippen molar-refractivity contribution >= 4 is 17.3 Å². The van der Waals surface area contributed by atoms with E-state index in [9.17, 15) is 5.11 Å². The van der Waals surface area contributed by atoms with Crippen LogP contribution in [-0.4, -0.2) is 21.7 Å². The highest BCUT2D eigenvalue weighted by atomic mass is 35.5. The molecule has 2 nitrogen and oxygen atoms in total. The molecule has 116 valence electrons. The standard InChI is InChI=1S/C19H22ClNO/c1-14(2)21-17(15-10-6-4-7-11-15)19(3,20)18(22)16-12-8-5-9-13-16/h4-14,18,22H,1-3H3/t18-,19-/m0/s1. The van der Waals surface area contributed by atoms with Gasteiger partial charge in [0.1, 0.15) is 11.0 Å². The van der Waals surface area contributed by atoms with Crippen LogP contribution in [-0.2, 0) is 0 Å². The second-order valence-electron chi connectivity index (χ2n) is 5.83. The molecule has 0 bridgehead atoms. The molecule has 0 saturated heterocycles. The average Bonchev–Trinajstić information content (AvgIpc) is 2.53. The fourth-order valence-corrected chi connectivity index (χ4v) is 2.70. The minimum Gasteiger partial charge on any atom is -0.386 e. The van der Waals surface area contributed by atoms with Crippen molar-refractivity contribution in [3.05, 3.63) is 71.8 Å². The number of aliphatic hydroxyl groups is 1. The van der Waals surface area contributed by atoms with Crippen LogP contribution in [0.25, 0.3) is 0 Å². The third-order valence-electron chi connectivity index (χ3n) is 3.53. The first kappa shape index (κ1) is 16.7. The third kappa shape index (κ3) is 3.76. The molecular formula is C19H22ClNO. The Hall–Kier alpha value is -1.64. The normalized spacial score (nSPS) is 16.4. The Labute approximate surface area is 137 Å². The van der Waals surface area contributed by atoms with Crippen LogP contribution in [0.15, 0.2) is 65.7 Å². The average molecular weight is 316 g/mol. The van der Waals surface area contributed by atoms with E-state index in [4.69, 9.17) is 16.6 Å². The van der Waals surface area contributed by atoms with Crippen molar-refractivity contribution in [3.8, 4) is 0 Å². The molecule has 0 heterocycles. The van der Waals surface area contributed by atoms with Gasteiger partial charge >= 0.3 is 0 Å². The fraction of sp³-hybridized carbons (Fsp3) is 0.316. The molecule has 0 unspecified atom stereocenters. The lowest BCUT2D eigenvalue weighted by Gasteiger charge is -2.31. The van der Waals surface area contributed by atoms with E-state index in [2.05, 4.69) is 0 Å². The number of benzene rings is 2. The number of halogens is 1. The van der Waals surface area contributed by atoms with Crippen molar-refractivity contribution in [2.24, 2.45) is 4.99 Å². The topological polar surface area (TPSA) is 32.6 Å². The Morgan fingerprint density at radius 3 is 2.00 bits per heavy atom. The smallest absolute Gasteiger partial charge is 0.114 e. The van der Waals surface area contributed by atoms with Crippen LogP contribution in [0.3, 0.4) is 0 Å². The van der Waals surface area contributed by atoms with Gasteiger partial charge in [0.15, 0.2) is 0 Å². The van der Waals surface area contributed by atoms with Gasteiger partial charge in [-0.1, -0.05) is 60.7 Å². The summed E-state index contributed by atoms with van der Waals surface area (Å²) < 4.78 is 0. The molecule has 2 aromatic carbocycles. The molecule has 0 fully saturated rings. The molecule has 2 atom stereocenters. The molecule has 0 aliphatic rings. The minimum absolute atomic E-state index is 0.0938. The Balaban J connectivity index is 2.46. The van der Waals surface area contributed by atoms with Crippen molar-refractivity contribution in [2.75, 3.05) is 0 Å². The third-order valence-corrected chi connectivity index (χ3v) is 3.91. The minimum atomic E-state index is -1.01. The first-order chi connectivity index (χ1) is 10.4. The lowest BCUT2D eigenvalue weighted by molar-refractivity contribution is 0.159. The van der Waals surface area contributed by atoms with E-state index >= 15 is 0 Å². The van der Waals surface area contributed by atoms with Gasteiger partial charge in [0.05, 0.1) is 5.71 Å². The molecule has 2 aromatic rings. The van der Waals surface area contributed by atoms with E-state index in [0.717, 1.165) is 11.1 Å². The molecule has 0 aliphatic carbocycles. The summed E-state index contributed by atoms with van der Waals surface area (Å²) >= 11 is 6.79. The zero-order valence-electron chi connectivity index (χ0n) is 13.2. The quantitative estimate of drug-likeness (QED) is 0.634. The lowest BCUT2D eigenvalue weighted by atomic mass is 9.88. The molecule has 3 heteroatoms. The van der Waals surface area contributed by atoms with Gasteiger partial charge in [-0.05, 0) is 31.9 Å². The van der Waals surface area contributed by atoms with E-state index in [1.807, 2.05) is 81.4 Å². The Kier molecular flexibility index (Phi) is 5.38. The number of hydrogen-bond acceptors (Lipinski definition) is 2. The van der Waals surface area contributed by atoms with Crippen molar-refractivity contribution in [1.82, 2.24) is 0 Å². The molecule has 22 heavy (non-hydrogen) atoms. The van der Waals surface area contributed by atoms with Gasteiger partial charge in [-0.2, -0.15) is 0 Å². The second kappa shape index (κ2) is 7.08. The summed E-state index contributed by atoms with van der Waals surface area (Å²) in [6, 6.07) is 19.4. The van der Waals surface area contributed by atoms with Crippen LogP contribution in [0.5, 0.6) is 0 Å². The molecular weight excluding hydrogens is 294 g/mol. The molecule has 2 rings (SSSR count). The number of aliphatic imine (C=N–C) groups is 1. The molecule has 1 N–H and O–H groups in total. The van der Waals surface area contributed by atoms with Crippen molar-refractivity contribution in [1.29, 1.82) is 0 Å². The Morgan fingerprint density at radius 1 is 1.00 bits per heavy atom. The maximum absolute atomic E-state index is 10.8. The highest BCUT2D eigenvalue weighted by molar-refractivity contribution is 6.39. The van der Waals surface area contributed by atoms with E-state index in [1.54, 1.807) is 0 Å². The van der Waals surface area contributed by atoms with Crippen LogP contribution >= 0.6 is 11.6 Å². The van der Waals surface area contributed by atoms with Crippen LogP contribution in [0, 0.1) is 0 Å². The number of hydrogen-bond donors (Lipinski definition) is 1. The predicted octanol–water partition coefficient (Wildman–Crippen LogP) is 4.62. The van der Waals surface area contributed by atoms with Gasteiger partial charge in [-0.3, -0.25) is 4.99 Å². The van der Waals surface area contributed by atoms with Crippen LogP contribution in [0.2, 0.25) is 0 Å². The van der Waals surface area contributed by atoms with E-state index < -0.39 is 11.0 Å². The number of alkyl halides is 1. The summed E-state index contributed by atoms with van der Waals surface area (Å²) in [6.45, 7) is 5.83. The van der Waals surface area contributed by atoms with Crippen molar-refractivity contribution in [3.63, 3.8) is 0 Å². The molecule has 0 amide bonds.